The number of rotatable bonds is 3. The lowest BCUT2D eigenvalue weighted by atomic mass is 9.96. The van der Waals surface area contributed by atoms with Crippen molar-refractivity contribution >= 4 is 16.0 Å². The highest BCUT2D eigenvalue weighted by atomic mass is 32.2. The van der Waals surface area contributed by atoms with Crippen LogP contribution in [-0.4, -0.2) is 29.8 Å². The summed E-state index contributed by atoms with van der Waals surface area (Å²) in [6.45, 7) is -0.0210. The molecule has 1 aliphatic heterocycles. The minimum atomic E-state index is -4.03. The van der Waals surface area contributed by atoms with E-state index < -0.39 is 27.9 Å². The lowest BCUT2D eigenvalue weighted by molar-refractivity contribution is -0.141. The van der Waals surface area contributed by atoms with Gasteiger partial charge in [-0.15, -0.1) is 0 Å². The molecule has 7 heteroatoms. The van der Waals surface area contributed by atoms with Crippen molar-refractivity contribution < 1.29 is 22.7 Å². The van der Waals surface area contributed by atoms with Crippen LogP contribution in [0, 0.1) is 5.82 Å². The quantitative estimate of drug-likeness (QED) is 0.931. The molecule has 120 valence electrons. The molecule has 1 heterocycles. The van der Waals surface area contributed by atoms with Gasteiger partial charge in [0.05, 0.1) is 4.90 Å². The molecule has 0 aliphatic carbocycles. The maximum Gasteiger partial charge on any atom is 0.322 e. The van der Waals surface area contributed by atoms with Crippen molar-refractivity contribution in [2.75, 3.05) is 0 Å². The van der Waals surface area contributed by atoms with Crippen molar-refractivity contribution in [3.63, 3.8) is 0 Å². The predicted octanol–water partition coefficient (Wildman–Crippen LogP) is 2.03. The van der Waals surface area contributed by atoms with E-state index in [0.717, 1.165) is 39.7 Å². The Kier molecular flexibility index (Phi) is 3.91. The summed E-state index contributed by atoms with van der Waals surface area (Å²) in [5, 5.41) is 9.42. The number of aliphatic carboxylic acids is 1. The zero-order valence-corrected chi connectivity index (χ0v) is 12.8. The Morgan fingerprint density at radius 1 is 1.09 bits per heavy atom. The first-order valence-corrected chi connectivity index (χ1v) is 8.40. The Balaban J connectivity index is 2.05. The van der Waals surface area contributed by atoms with Crippen LogP contribution in [0.5, 0.6) is 0 Å². The predicted molar refractivity (Wildman–Crippen MR) is 80.7 cm³/mol. The Morgan fingerprint density at radius 2 is 1.70 bits per heavy atom. The minimum absolute atomic E-state index is 0.0210. The van der Waals surface area contributed by atoms with Crippen LogP contribution in [0.3, 0.4) is 0 Å². The largest absolute Gasteiger partial charge is 0.480 e. The van der Waals surface area contributed by atoms with Crippen LogP contribution in [0.25, 0.3) is 0 Å². The molecule has 1 aliphatic rings. The molecule has 0 unspecified atom stereocenters. The van der Waals surface area contributed by atoms with Crippen LogP contribution in [0.1, 0.15) is 11.1 Å². The van der Waals surface area contributed by atoms with Crippen molar-refractivity contribution in [1.29, 1.82) is 0 Å². The van der Waals surface area contributed by atoms with Gasteiger partial charge in [-0.3, -0.25) is 4.79 Å². The summed E-state index contributed by atoms with van der Waals surface area (Å²) in [6, 6.07) is 10.3. The third kappa shape index (κ3) is 2.85. The zero-order valence-electron chi connectivity index (χ0n) is 12.0. The topological polar surface area (TPSA) is 74.7 Å². The van der Waals surface area contributed by atoms with E-state index in [1.807, 2.05) is 0 Å². The van der Waals surface area contributed by atoms with Crippen molar-refractivity contribution in [2.45, 2.75) is 23.9 Å². The zero-order chi connectivity index (χ0) is 16.6. The molecular weight excluding hydrogens is 321 g/mol. The Bertz CT molecular complexity index is 849. The van der Waals surface area contributed by atoms with Gasteiger partial charge in [0.15, 0.2) is 0 Å². The molecule has 0 saturated heterocycles. The van der Waals surface area contributed by atoms with Crippen LogP contribution < -0.4 is 0 Å². The molecule has 0 bridgehead atoms. The first-order chi connectivity index (χ1) is 10.9. The van der Waals surface area contributed by atoms with Crippen LogP contribution in [-0.2, 0) is 27.8 Å². The van der Waals surface area contributed by atoms with Gasteiger partial charge in [0.25, 0.3) is 0 Å². The van der Waals surface area contributed by atoms with Crippen molar-refractivity contribution in [1.82, 2.24) is 4.31 Å². The third-order valence-corrected chi connectivity index (χ3v) is 5.78. The fraction of sp³-hybridized carbons (Fsp3) is 0.188. The number of carbonyl (C=O) groups is 1. The molecule has 0 amide bonds. The van der Waals surface area contributed by atoms with E-state index in [2.05, 4.69) is 0 Å². The van der Waals surface area contributed by atoms with Gasteiger partial charge in [-0.1, -0.05) is 24.3 Å². The Hall–Kier alpha value is -2.25. The number of carboxylic acids is 1. The second-order valence-electron chi connectivity index (χ2n) is 5.33. The molecule has 1 N–H and O–H groups in total. The second kappa shape index (κ2) is 5.75. The van der Waals surface area contributed by atoms with Gasteiger partial charge < -0.3 is 5.11 Å². The highest BCUT2D eigenvalue weighted by Gasteiger charge is 2.39. The average molecular weight is 335 g/mol. The maximum atomic E-state index is 13.0. The van der Waals surface area contributed by atoms with E-state index in [-0.39, 0.29) is 17.9 Å². The number of sulfonamides is 1. The molecule has 0 radical (unpaired) electrons. The lowest BCUT2D eigenvalue weighted by Crippen LogP contribution is -2.48. The number of carboxylic acid groups (broad SMARTS) is 1. The number of nitrogens with zero attached hydrogens (tertiary/aromatic N) is 1. The number of halogens is 1. The van der Waals surface area contributed by atoms with Crippen LogP contribution in [0.15, 0.2) is 53.4 Å². The van der Waals surface area contributed by atoms with Crippen LogP contribution in [0.4, 0.5) is 4.39 Å². The molecular formula is C16H14FNO4S. The van der Waals surface area contributed by atoms with E-state index in [4.69, 9.17) is 0 Å². The lowest BCUT2D eigenvalue weighted by Gasteiger charge is -2.33. The van der Waals surface area contributed by atoms with E-state index in [1.165, 1.54) is 0 Å². The fourth-order valence-corrected chi connectivity index (χ4v) is 4.26. The van der Waals surface area contributed by atoms with E-state index in [0.29, 0.717) is 0 Å². The third-order valence-electron chi connectivity index (χ3n) is 3.91. The summed E-state index contributed by atoms with van der Waals surface area (Å²) in [4.78, 5) is 11.4. The highest BCUT2D eigenvalue weighted by molar-refractivity contribution is 7.89. The summed E-state index contributed by atoms with van der Waals surface area (Å²) in [5.41, 5.74) is 1.60. The SMILES string of the molecule is O=C(O)[C@H]1Cc2ccccc2CN1S(=O)(=O)c1ccc(F)cc1. The normalized spacial score (nSPS) is 18.4. The van der Waals surface area contributed by atoms with E-state index in [9.17, 15) is 22.7 Å². The van der Waals surface area contributed by atoms with Crippen LogP contribution in [0.2, 0.25) is 0 Å². The summed E-state index contributed by atoms with van der Waals surface area (Å²) in [5.74, 6) is -1.76. The molecule has 23 heavy (non-hydrogen) atoms. The first kappa shape index (κ1) is 15.6. The van der Waals surface area contributed by atoms with Crippen LogP contribution >= 0.6 is 0 Å². The highest BCUT2D eigenvalue weighted by Crippen LogP contribution is 2.29. The second-order valence-corrected chi connectivity index (χ2v) is 7.22. The fourth-order valence-electron chi connectivity index (χ4n) is 2.70. The number of fused-ring (bicyclic) bond motifs is 1. The molecule has 3 rings (SSSR count). The average Bonchev–Trinajstić information content (AvgIpc) is 2.54. The Labute approximate surface area is 133 Å². The summed E-state index contributed by atoms with van der Waals surface area (Å²) in [6.07, 6.45) is 0.103. The number of hydrogen-bond donors (Lipinski definition) is 1. The van der Waals surface area contributed by atoms with Crippen molar-refractivity contribution in [3.8, 4) is 0 Å². The van der Waals surface area contributed by atoms with Gasteiger partial charge in [0.1, 0.15) is 11.9 Å². The smallest absolute Gasteiger partial charge is 0.322 e. The molecule has 0 fully saturated rings. The van der Waals surface area contributed by atoms with Crippen molar-refractivity contribution in [3.05, 3.63) is 65.5 Å². The standard InChI is InChI=1S/C16H14FNO4S/c17-13-5-7-14(8-6-13)23(21,22)18-10-12-4-2-1-3-11(12)9-15(18)16(19)20/h1-8,15H,9-10H2,(H,19,20)/t15-/m1/s1. The molecule has 2 aromatic rings. The number of benzene rings is 2. The number of hydrogen-bond acceptors (Lipinski definition) is 3. The summed E-state index contributed by atoms with van der Waals surface area (Å²) in [7, 11) is -4.03. The molecule has 0 saturated carbocycles. The van der Waals surface area contributed by atoms with E-state index in [1.54, 1.807) is 24.3 Å². The molecule has 1 atom stereocenters. The van der Waals surface area contributed by atoms with Crippen molar-refractivity contribution in [2.24, 2.45) is 0 Å². The van der Waals surface area contributed by atoms with Gasteiger partial charge in [0, 0.05) is 13.0 Å². The van der Waals surface area contributed by atoms with E-state index >= 15 is 0 Å². The van der Waals surface area contributed by atoms with Gasteiger partial charge in [-0.2, -0.15) is 4.31 Å². The van der Waals surface area contributed by atoms with Gasteiger partial charge in [0.2, 0.25) is 10.0 Å². The first-order valence-electron chi connectivity index (χ1n) is 6.96. The maximum absolute atomic E-state index is 13.0. The van der Waals surface area contributed by atoms with Gasteiger partial charge >= 0.3 is 5.97 Å². The van der Waals surface area contributed by atoms with Gasteiger partial charge in [-0.05, 0) is 35.4 Å². The molecule has 0 spiro atoms. The Morgan fingerprint density at radius 3 is 2.30 bits per heavy atom. The summed E-state index contributed by atoms with van der Waals surface area (Å²) < 4.78 is 39.5. The molecule has 0 aromatic heterocycles. The molecule has 2 aromatic carbocycles. The monoisotopic (exact) mass is 335 g/mol. The minimum Gasteiger partial charge on any atom is -0.480 e. The van der Waals surface area contributed by atoms with Gasteiger partial charge in [-0.25, -0.2) is 12.8 Å². The molecule has 5 nitrogen and oxygen atoms in total. The summed E-state index contributed by atoms with van der Waals surface area (Å²) >= 11 is 0.